The van der Waals surface area contributed by atoms with Crippen LogP contribution in [-0.4, -0.2) is 10.9 Å². The quantitative estimate of drug-likeness (QED) is 0.602. The van der Waals surface area contributed by atoms with E-state index in [1.807, 2.05) is 42.5 Å². The predicted molar refractivity (Wildman–Crippen MR) is 97.8 cm³/mol. The van der Waals surface area contributed by atoms with Crippen molar-refractivity contribution in [1.82, 2.24) is 4.98 Å². The number of amides is 1. The standard InChI is InChI=1S/C19H12N2O2S/c22-18(16-11-13-5-1-2-8-14(13)19(23)24-16)21-15-9-3-6-12-7-4-10-20-17(12)15/h1-11H,(H,21,22). The fourth-order valence-electron chi connectivity index (χ4n) is 2.64. The molecule has 24 heavy (non-hydrogen) atoms. The molecule has 0 aliphatic carbocycles. The zero-order chi connectivity index (χ0) is 16.5. The smallest absolute Gasteiger partial charge is 0.265 e. The molecule has 0 aliphatic rings. The average molecular weight is 332 g/mol. The van der Waals surface area contributed by atoms with Gasteiger partial charge in [-0.2, -0.15) is 0 Å². The maximum atomic E-state index is 12.6. The number of hydrogen-bond acceptors (Lipinski definition) is 4. The van der Waals surface area contributed by atoms with Gasteiger partial charge in [-0.1, -0.05) is 47.7 Å². The summed E-state index contributed by atoms with van der Waals surface area (Å²) in [6.45, 7) is 0. The van der Waals surface area contributed by atoms with Crippen LogP contribution in [-0.2, 0) is 0 Å². The fraction of sp³-hybridized carbons (Fsp3) is 0. The van der Waals surface area contributed by atoms with Gasteiger partial charge in [-0.15, -0.1) is 0 Å². The van der Waals surface area contributed by atoms with Gasteiger partial charge in [0.15, 0.2) is 0 Å². The van der Waals surface area contributed by atoms with Gasteiger partial charge in [0.2, 0.25) is 4.74 Å². The lowest BCUT2D eigenvalue weighted by atomic mass is 10.2. The molecule has 2 aromatic carbocycles. The maximum Gasteiger partial charge on any atom is 0.265 e. The highest BCUT2D eigenvalue weighted by Gasteiger charge is 2.12. The molecule has 0 fully saturated rings. The molecule has 2 heterocycles. The minimum Gasteiger partial charge on any atom is -0.319 e. The van der Waals surface area contributed by atoms with Gasteiger partial charge < -0.3 is 5.32 Å². The molecule has 1 amide bonds. The highest BCUT2D eigenvalue weighted by molar-refractivity contribution is 7.12. The van der Waals surface area contributed by atoms with Gasteiger partial charge in [0.25, 0.3) is 5.91 Å². The van der Waals surface area contributed by atoms with Crippen LogP contribution in [0.25, 0.3) is 21.7 Å². The van der Waals surface area contributed by atoms with Crippen LogP contribution in [0.3, 0.4) is 0 Å². The molecule has 4 nitrogen and oxygen atoms in total. The molecule has 1 N–H and O–H groups in total. The molecule has 116 valence electrons. The maximum absolute atomic E-state index is 12.6. The Morgan fingerprint density at radius 3 is 2.67 bits per heavy atom. The Kier molecular flexibility index (Phi) is 3.55. The van der Waals surface area contributed by atoms with E-state index >= 15 is 0 Å². The van der Waals surface area contributed by atoms with E-state index < -0.39 is 0 Å². The van der Waals surface area contributed by atoms with E-state index in [-0.39, 0.29) is 10.6 Å². The van der Waals surface area contributed by atoms with E-state index in [0.717, 1.165) is 27.6 Å². The number of para-hydroxylation sites is 1. The lowest BCUT2D eigenvalue weighted by Gasteiger charge is -2.08. The Morgan fingerprint density at radius 1 is 0.958 bits per heavy atom. The van der Waals surface area contributed by atoms with Crippen molar-refractivity contribution < 1.29 is 4.79 Å². The van der Waals surface area contributed by atoms with Gasteiger partial charge in [0, 0.05) is 17.0 Å². The number of carbonyl (C=O) groups is 1. The lowest BCUT2D eigenvalue weighted by Crippen LogP contribution is -2.13. The van der Waals surface area contributed by atoms with E-state index in [4.69, 9.17) is 0 Å². The molecule has 0 atom stereocenters. The topological polar surface area (TPSA) is 59.1 Å². The van der Waals surface area contributed by atoms with Crippen molar-refractivity contribution in [3.63, 3.8) is 0 Å². The number of nitrogens with one attached hydrogen (secondary N) is 1. The predicted octanol–water partition coefficient (Wildman–Crippen LogP) is 4.06. The summed E-state index contributed by atoms with van der Waals surface area (Å²) in [6.07, 6.45) is 1.69. The van der Waals surface area contributed by atoms with E-state index in [9.17, 15) is 9.59 Å². The number of pyridine rings is 1. The third-order valence-corrected chi connectivity index (χ3v) is 4.70. The van der Waals surface area contributed by atoms with Crippen molar-refractivity contribution in [3.05, 3.63) is 81.3 Å². The summed E-state index contributed by atoms with van der Waals surface area (Å²) in [7, 11) is 0. The molecule has 4 rings (SSSR count). The van der Waals surface area contributed by atoms with E-state index in [2.05, 4.69) is 10.3 Å². The molecule has 0 unspecified atom stereocenters. The molecule has 4 aromatic rings. The van der Waals surface area contributed by atoms with Gasteiger partial charge in [-0.25, -0.2) is 0 Å². The van der Waals surface area contributed by atoms with Crippen LogP contribution in [0.15, 0.2) is 71.7 Å². The summed E-state index contributed by atoms with van der Waals surface area (Å²) in [5, 5.41) is 5.21. The van der Waals surface area contributed by atoms with Gasteiger partial charge in [0.1, 0.15) is 0 Å². The number of nitrogens with zero attached hydrogens (tertiary/aromatic N) is 1. The molecule has 2 aromatic heterocycles. The first-order chi connectivity index (χ1) is 11.7. The highest BCUT2D eigenvalue weighted by atomic mass is 32.1. The largest absolute Gasteiger partial charge is 0.319 e. The third-order valence-electron chi connectivity index (χ3n) is 3.77. The minimum absolute atomic E-state index is 0.116. The van der Waals surface area contributed by atoms with Crippen molar-refractivity contribution >= 4 is 44.6 Å². The zero-order valence-electron chi connectivity index (χ0n) is 12.5. The first-order valence-electron chi connectivity index (χ1n) is 7.40. The minimum atomic E-state index is -0.305. The van der Waals surface area contributed by atoms with E-state index in [0.29, 0.717) is 16.0 Å². The van der Waals surface area contributed by atoms with Crippen molar-refractivity contribution in [2.24, 2.45) is 0 Å². The highest BCUT2D eigenvalue weighted by Crippen LogP contribution is 2.22. The zero-order valence-corrected chi connectivity index (χ0v) is 13.3. The number of aromatic nitrogens is 1. The molecule has 0 bridgehead atoms. The summed E-state index contributed by atoms with van der Waals surface area (Å²) < 4.78 is -0.116. The SMILES string of the molecule is O=C(Nc1cccc2cccnc12)c1cc2ccccc2c(=O)s1. The normalized spacial score (nSPS) is 10.8. The van der Waals surface area contributed by atoms with Crippen LogP contribution in [0.4, 0.5) is 5.69 Å². The Hall–Kier alpha value is -3.05. The molecule has 5 heteroatoms. The van der Waals surface area contributed by atoms with E-state index in [1.165, 1.54) is 0 Å². The molecule has 0 radical (unpaired) electrons. The van der Waals surface area contributed by atoms with Crippen LogP contribution in [0.2, 0.25) is 0 Å². The number of rotatable bonds is 2. The van der Waals surface area contributed by atoms with Crippen LogP contribution in [0.5, 0.6) is 0 Å². The van der Waals surface area contributed by atoms with Gasteiger partial charge in [-0.05, 0) is 29.7 Å². The Balaban J connectivity index is 1.75. The lowest BCUT2D eigenvalue weighted by molar-refractivity contribution is 0.103. The van der Waals surface area contributed by atoms with Crippen LogP contribution < -0.4 is 10.1 Å². The summed E-state index contributed by atoms with van der Waals surface area (Å²) >= 11 is 0.952. The van der Waals surface area contributed by atoms with Crippen LogP contribution >= 0.6 is 11.3 Å². The number of fused-ring (bicyclic) bond motifs is 2. The third kappa shape index (κ3) is 2.55. The second kappa shape index (κ2) is 5.86. The summed E-state index contributed by atoms with van der Waals surface area (Å²) in [4.78, 5) is 29.5. The van der Waals surface area contributed by atoms with Crippen molar-refractivity contribution in [1.29, 1.82) is 0 Å². The van der Waals surface area contributed by atoms with Crippen LogP contribution in [0, 0.1) is 0 Å². The first-order valence-corrected chi connectivity index (χ1v) is 8.22. The fourth-order valence-corrected chi connectivity index (χ4v) is 3.46. The second-order valence-electron chi connectivity index (χ2n) is 5.32. The number of carbonyl (C=O) groups excluding carboxylic acids is 1. The summed E-state index contributed by atoms with van der Waals surface area (Å²) in [5.41, 5.74) is 1.35. The summed E-state index contributed by atoms with van der Waals surface area (Å²) in [6, 6.07) is 18.4. The van der Waals surface area contributed by atoms with Crippen molar-refractivity contribution in [2.75, 3.05) is 5.32 Å². The Bertz CT molecular complexity index is 1130. The van der Waals surface area contributed by atoms with Gasteiger partial charge in [-0.3, -0.25) is 14.6 Å². The number of hydrogen-bond donors (Lipinski definition) is 1. The average Bonchev–Trinajstić information content (AvgIpc) is 2.62. The molecule has 0 saturated heterocycles. The van der Waals surface area contributed by atoms with Gasteiger partial charge in [0.05, 0.1) is 16.1 Å². The first kappa shape index (κ1) is 14.5. The molecular formula is C19H12N2O2S. The number of benzene rings is 2. The monoisotopic (exact) mass is 332 g/mol. The second-order valence-corrected chi connectivity index (χ2v) is 6.33. The Morgan fingerprint density at radius 2 is 1.75 bits per heavy atom. The molecule has 0 saturated carbocycles. The number of anilines is 1. The summed E-state index contributed by atoms with van der Waals surface area (Å²) in [5.74, 6) is -0.305. The molecule has 0 aliphatic heterocycles. The molecular weight excluding hydrogens is 320 g/mol. The van der Waals surface area contributed by atoms with E-state index in [1.54, 1.807) is 24.4 Å². The van der Waals surface area contributed by atoms with Gasteiger partial charge >= 0.3 is 0 Å². The van der Waals surface area contributed by atoms with Crippen molar-refractivity contribution in [2.45, 2.75) is 0 Å². The van der Waals surface area contributed by atoms with Crippen LogP contribution in [0.1, 0.15) is 9.67 Å². The Labute approximate surface area is 141 Å². The molecule has 0 spiro atoms. The van der Waals surface area contributed by atoms with Crippen molar-refractivity contribution in [3.8, 4) is 0 Å².